The van der Waals surface area contributed by atoms with Crippen molar-refractivity contribution in [1.29, 1.82) is 0 Å². The first kappa shape index (κ1) is 12.0. The van der Waals surface area contributed by atoms with Gasteiger partial charge in [-0.2, -0.15) is 0 Å². The zero-order valence-electron chi connectivity index (χ0n) is 9.05. The van der Waals surface area contributed by atoms with Crippen molar-refractivity contribution in [3.63, 3.8) is 0 Å². The molecule has 1 saturated carbocycles. The van der Waals surface area contributed by atoms with E-state index in [1.54, 1.807) is 18.2 Å². The fourth-order valence-corrected chi connectivity index (χ4v) is 2.62. The van der Waals surface area contributed by atoms with Gasteiger partial charge >= 0.3 is 11.5 Å². The van der Waals surface area contributed by atoms with E-state index in [1.165, 1.54) is 7.11 Å². The molecule has 1 aliphatic rings. The molecule has 0 amide bonds. The molecule has 0 radical (unpaired) electrons. The van der Waals surface area contributed by atoms with Crippen molar-refractivity contribution in [2.45, 2.75) is 17.9 Å². The van der Waals surface area contributed by atoms with Crippen LogP contribution in [0.4, 0.5) is 0 Å². The van der Waals surface area contributed by atoms with Gasteiger partial charge in [-0.15, -0.1) is 0 Å². The standard InChI is InChI=1S/C11H10BrNO4/c1-17-10(14)11(13(15)16)6-8(11)7-4-2-3-5-9(7)12/h2-5,8H,6H2,1H3. The minimum absolute atomic E-state index is 0.190. The summed E-state index contributed by atoms with van der Waals surface area (Å²) in [5.74, 6) is -1.19. The van der Waals surface area contributed by atoms with E-state index in [1.807, 2.05) is 6.07 Å². The van der Waals surface area contributed by atoms with Gasteiger partial charge in [-0.25, -0.2) is 4.79 Å². The lowest BCUT2D eigenvalue weighted by atomic mass is 10.1. The number of halogens is 1. The molecule has 6 heteroatoms. The van der Waals surface area contributed by atoms with Crippen molar-refractivity contribution in [2.75, 3.05) is 7.11 Å². The Hall–Kier alpha value is -1.43. The van der Waals surface area contributed by atoms with Gasteiger partial charge in [0.25, 0.3) is 0 Å². The summed E-state index contributed by atoms with van der Waals surface area (Å²) in [5.41, 5.74) is -0.826. The molecule has 0 spiro atoms. The van der Waals surface area contributed by atoms with E-state index in [2.05, 4.69) is 20.7 Å². The molecule has 0 aliphatic heterocycles. The number of carbonyl (C=O) groups is 1. The van der Waals surface area contributed by atoms with Crippen molar-refractivity contribution in [1.82, 2.24) is 0 Å². The maximum absolute atomic E-state index is 11.6. The van der Waals surface area contributed by atoms with Gasteiger partial charge < -0.3 is 4.74 Å². The summed E-state index contributed by atoms with van der Waals surface area (Å²) in [5, 5.41) is 11.1. The molecule has 2 rings (SSSR count). The molecule has 5 nitrogen and oxygen atoms in total. The molecule has 2 atom stereocenters. The third-order valence-electron chi connectivity index (χ3n) is 3.08. The molecule has 0 saturated heterocycles. The van der Waals surface area contributed by atoms with E-state index < -0.39 is 22.3 Å². The van der Waals surface area contributed by atoms with Crippen molar-refractivity contribution >= 4 is 21.9 Å². The molecule has 17 heavy (non-hydrogen) atoms. The molecule has 1 aliphatic carbocycles. The number of esters is 1. The minimum atomic E-state index is -1.60. The predicted octanol–water partition coefficient (Wildman–Crippen LogP) is 2.12. The number of ether oxygens (including phenoxy) is 1. The Morgan fingerprint density at radius 2 is 2.24 bits per heavy atom. The van der Waals surface area contributed by atoms with Crippen molar-refractivity contribution in [3.05, 3.63) is 44.4 Å². The first-order valence-corrected chi connectivity index (χ1v) is 5.80. The fraction of sp³-hybridized carbons (Fsp3) is 0.364. The van der Waals surface area contributed by atoms with Gasteiger partial charge in [0.05, 0.1) is 13.0 Å². The number of hydrogen-bond donors (Lipinski definition) is 0. The molecule has 90 valence electrons. The number of nitro groups is 1. The van der Waals surface area contributed by atoms with Crippen LogP contribution < -0.4 is 0 Å². The Morgan fingerprint density at radius 1 is 1.59 bits per heavy atom. The van der Waals surface area contributed by atoms with E-state index in [4.69, 9.17) is 0 Å². The maximum Gasteiger partial charge on any atom is 0.385 e. The Labute approximate surface area is 106 Å². The normalized spacial score (nSPS) is 26.4. The highest BCUT2D eigenvalue weighted by molar-refractivity contribution is 9.10. The highest BCUT2D eigenvalue weighted by atomic mass is 79.9. The van der Waals surface area contributed by atoms with Crippen LogP contribution >= 0.6 is 15.9 Å². The average molecular weight is 300 g/mol. The molecule has 1 fully saturated rings. The van der Waals surface area contributed by atoms with Crippen LogP contribution in [0.2, 0.25) is 0 Å². The second-order valence-electron chi connectivity index (χ2n) is 3.95. The smallest absolute Gasteiger partial charge is 0.385 e. The quantitative estimate of drug-likeness (QED) is 0.487. The Kier molecular flexibility index (Phi) is 2.91. The maximum atomic E-state index is 11.6. The molecular formula is C11H10BrNO4. The zero-order valence-corrected chi connectivity index (χ0v) is 10.6. The molecule has 0 N–H and O–H groups in total. The first-order chi connectivity index (χ1) is 8.04. The summed E-state index contributed by atoms with van der Waals surface area (Å²) in [4.78, 5) is 22.1. The van der Waals surface area contributed by atoms with Crippen LogP contribution in [-0.4, -0.2) is 23.5 Å². The van der Waals surface area contributed by atoms with Gasteiger partial charge in [0, 0.05) is 15.8 Å². The lowest BCUT2D eigenvalue weighted by molar-refractivity contribution is -0.526. The van der Waals surface area contributed by atoms with Crippen LogP contribution in [0.25, 0.3) is 0 Å². The van der Waals surface area contributed by atoms with Gasteiger partial charge in [0.2, 0.25) is 0 Å². The minimum Gasteiger partial charge on any atom is -0.464 e. The summed E-state index contributed by atoms with van der Waals surface area (Å²) >= 11 is 3.33. The average Bonchev–Trinajstić information content (AvgIpc) is 3.05. The lowest BCUT2D eigenvalue weighted by Gasteiger charge is -2.08. The summed E-state index contributed by atoms with van der Waals surface area (Å²) in [7, 11) is 1.17. The molecule has 2 unspecified atom stereocenters. The van der Waals surface area contributed by atoms with E-state index in [9.17, 15) is 14.9 Å². The van der Waals surface area contributed by atoms with Crippen LogP contribution in [0.1, 0.15) is 17.9 Å². The van der Waals surface area contributed by atoms with Crippen LogP contribution in [0.5, 0.6) is 0 Å². The summed E-state index contributed by atoms with van der Waals surface area (Å²) < 4.78 is 5.31. The second-order valence-corrected chi connectivity index (χ2v) is 4.81. The molecule has 0 aromatic heterocycles. The number of benzene rings is 1. The van der Waals surface area contributed by atoms with Gasteiger partial charge in [0.15, 0.2) is 0 Å². The van der Waals surface area contributed by atoms with Crippen molar-refractivity contribution in [3.8, 4) is 0 Å². The monoisotopic (exact) mass is 299 g/mol. The van der Waals surface area contributed by atoms with Crippen molar-refractivity contribution in [2.24, 2.45) is 0 Å². The van der Waals surface area contributed by atoms with Gasteiger partial charge in [-0.05, 0) is 11.6 Å². The van der Waals surface area contributed by atoms with E-state index in [-0.39, 0.29) is 6.42 Å². The zero-order chi connectivity index (χ0) is 12.6. The van der Waals surface area contributed by atoms with Crippen LogP contribution in [0.3, 0.4) is 0 Å². The molecule has 0 heterocycles. The van der Waals surface area contributed by atoms with Crippen LogP contribution in [0, 0.1) is 10.1 Å². The Bertz CT molecular complexity index is 490. The van der Waals surface area contributed by atoms with E-state index >= 15 is 0 Å². The number of carbonyl (C=O) groups excluding carboxylic acids is 1. The molecule has 1 aromatic rings. The lowest BCUT2D eigenvalue weighted by Crippen LogP contribution is -2.34. The summed E-state index contributed by atoms with van der Waals surface area (Å²) in [6, 6.07) is 7.20. The molecular weight excluding hydrogens is 290 g/mol. The Morgan fingerprint density at radius 3 is 2.76 bits per heavy atom. The van der Waals surface area contributed by atoms with Crippen LogP contribution in [0.15, 0.2) is 28.7 Å². The first-order valence-electron chi connectivity index (χ1n) is 5.01. The van der Waals surface area contributed by atoms with Crippen molar-refractivity contribution < 1.29 is 14.5 Å². The number of hydrogen-bond acceptors (Lipinski definition) is 4. The van der Waals surface area contributed by atoms with E-state index in [0.717, 1.165) is 10.0 Å². The summed E-state index contributed by atoms with van der Waals surface area (Å²) in [6.07, 6.45) is 0.190. The van der Waals surface area contributed by atoms with Crippen LogP contribution in [-0.2, 0) is 9.53 Å². The summed E-state index contributed by atoms with van der Waals surface area (Å²) in [6.45, 7) is 0. The number of rotatable bonds is 3. The largest absolute Gasteiger partial charge is 0.464 e. The third kappa shape index (κ3) is 1.72. The topological polar surface area (TPSA) is 69.4 Å². The highest BCUT2D eigenvalue weighted by Gasteiger charge is 2.74. The van der Waals surface area contributed by atoms with Gasteiger partial charge in [-0.3, -0.25) is 10.1 Å². The second kappa shape index (κ2) is 4.10. The Balaban J connectivity index is 2.36. The highest BCUT2D eigenvalue weighted by Crippen LogP contribution is 2.55. The number of methoxy groups -OCH3 is 1. The fourth-order valence-electron chi connectivity index (χ4n) is 2.06. The SMILES string of the molecule is COC(=O)C1([N+](=O)[O-])CC1c1ccccc1Br. The van der Waals surface area contributed by atoms with Gasteiger partial charge in [0.1, 0.15) is 0 Å². The predicted molar refractivity (Wildman–Crippen MR) is 63.2 cm³/mol. The number of nitrogens with zero attached hydrogens (tertiary/aromatic N) is 1. The molecule has 1 aromatic carbocycles. The van der Waals surface area contributed by atoms with E-state index in [0.29, 0.717) is 0 Å². The molecule has 0 bridgehead atoms. The van der Waals surface area contributed by atoms with Gasteiger partial charge in [-0.1, -0.05) is 34.1 Å². The third-order valence-corrected chi connectivity index (χ3v) is 3.80.